The highest BCUT2D eigenvalue weighted by Crippen LogP contribution is 2.43. The quantitative estimate of drug-likeness (QED) is 0.0272. The summed E-state index contributed by atoms with van der Waals surface area (Å²) in [4.78, 5) is 45.6. The van der Waals surface area contributed by atoms with E-state index in [1.54, 1.807) is 0 Å². The first-order valence-electron chi connectivity index (χ1n) is 17.7. The highest BCUT2D eigenvalue weighted by atomic mass is 31.2. The molecule has 3 atom stereocenters. The van der Waals surface area contributed by atoms with Gasteiger partial charge in [0.1, 0.15) is 12.6 Å². The smallest absolute Gasteiger partial charge is 0.472 e. The monoisotopic (exact) mass is 721 g/mol. The van der Waals surface area contributed by atoms with E-state index in [2.05, 4.69) is 42.7 Å². The minimum atomic E-state index is -4.73. The van der Waals surface area contributed by atoms with Gasteiger partial charge < -0.3 is 25.2 Å². The van der Waals surface area contributed by atoms with Gasteiger partial charge in [-0.3, -0.25) is 23.4 Å². The van der Waals surface area contributed by atoms with Crippen molar-refractivity contribution in [1.82, 2.24) is 0 Å². The standard InChI is InChI=1S/C38H60NO10P/c1-3-5-7-9-11-13-15-17-19-21-23-25-27-29-36(40)46-31-34(32-47-50(44,45)48-33-35(39)38(42)43)49-37(41)30-28-26-24-22-20-18-16-14-12-10-8-6-4-2/h5-17,19,34-35H,3-4,18,20-33,39H2,1-2H3,(H,42,43)(H,44,45)/b7-5+,8-6+,11-9+,12-10+,15-13+,16-14+,19-17+/t34?,35-/m0/s1. The highest BCUT2D eigenvalue weighted by molar-refractivity contribution is 7.47. The minimum Gasteiger partial charge on any atom is -0.480 e. The Bertz CT molecular complexity index is 1170. The predicted molar refractivity (Wildman–Crippen MR) is 198 cm³/mol. The van der Waals surface area contributed by atoms with Gasteiger partial charge in [-0.15, -0.1) is 0 Å². The number of hydrogen-bond acceptors (Lipinski definition) is 9. The number of aliphatic carboxylic acids is 1. The Kier molecular flexibility index (Phi) is 30.6. The van der Waals surface area contributed by atoms with Gasteiger partial charge in [0.2, 0.25) is 0 Å². The van der Waals surface area contributed by atoms with Crippen molar-refractivity contribution in [3.63, 3.8) is 0 Å². The lowest BCUT2D eigenvalue weighted by atomic mass is 10.1. The van der Waals surface area contributed by atoms with Gasteiger partial charge in [-0.05, 0) is 51.4 Å². The molecule has 0 spiro atoms. The molecule has 0 saturated heterocycles. The number of carbonyl (C=O) groups is 3. The van der Waals surface area contributed by atoms with Crippen LogP contribution in [-0.2, 0) is 37.5 Å². The Morgan fingerprint density at radius 2 is 1.06 bits per heavy atom. The van der Waals surface area contributed by atoms with Gasteiger partial charge in [0.15, 0.2) is 6.10 Å². The zero-order valence-electron chi connectivity index (χ0n) is 29.9. The average molecular weight is 722 g/mol. The third kappa shape index (κ3) is 31.9. The molecule has 12 heteroatoms. The summed E-state index contributed by atoms with van der Waals surface area (Å²) in [6, 6.07) is -1.53. The van der Waals surface area contributed by atoms with E-state index in [0.29, 0.717) is 12.8 Å². The number of allylic oxidation sites excluding steroid dienone is 14. The van der Waals surface area contributed by atoms with Gasteiger partial charge in [0, 0.05) is 12.8 Å². The van der Waals surface area contributed by atoms with E-state index in [0.717, 1.165) is 64.2 Å². The van der Waals surface area contributed by atoms with E-state index in [1.807, 2.05) is 60.8 Å². The number of esters is 2. The van der Waals surface area contributed by atoms with Crippen molar-refractivity contribution in [3.8, 4) is 0 Å². The van der Waals surface area contributed by atoms with E-state index in [1.165, 1.54) is 0 Å². The molecule has 0 rings (SSSR count). The first kappa shape index (κ1) is 46.7. The van der Waals surface area contributed by atoms with Crippen LogP contribution in [0, 0.1) is 0 Å². The maximum Gasteiger partial charge on any atom is 0.472 e. The van der Waals surface area contributed by atoms with Gasteiger partial charge in [0.25, 0.3) is 0 Å². The normalized spacial score (nSPS) is 15.0. The maximum absolute atomic E-state index is 12.5. The number of phosphoric ester groups is 1. The third-order valence-corrected chi connectivity index (χ3v) is 7.75. The molecule has 0 amide bonds. The summed E-state index contributed by atoms with van der Waals surface area (Å²) in [5.74, 6) is -2.48. The molecule has 0 saturated carbocycles. The molecule has 4 N–H and O–H groups in total. The second-order valence-corrected chi connectivity index (χ2v) is 12.8. The van der Waals surface area contributed by atoms with Crippen LogP contribution in [0.3, 0.4) is 0 Å². The molecule has 0 fully saturated rings. The Hall–Kier alpha value is -3.34. The largest absolute Gasteiger partial charge is 0.480 e. The number of ether oxygens (including phenoxy) is 2. The molecule has 0 heterocycles. The van der Waals surface area contributed by atoms with Crippen molar-refractivity contribution >= 4 is 25.7 Å². The predicted octanol–water partition coefficient (Wildman–Crippen LogP) is 8.38. The molecule has 50 heavy (non-hydrogen) atoms. The number of hydrogen-bond donors (Lipinski definition) is 3. The number of rotatable bonds is 31. The summed E-state index contributed by atoms with van der Waals surface area (Å²) < 4.78 is 32.4. The number of phosphoric acid groups is 1. The first-order valence-corrected chi connectivity index (χ1v) is 19.2. The summed E-state index contributed by atoms with van der Waals surface area (Å²) >= 11 is 0. The van der Waals surface area contributed by atoms with Gasteiger partial charge in [-0.2, -0.15) is 0 Å². The van der Waals surface area contributed by atoms with E-state index in [-0.39, 0.29) is 19.4 Å². The van der Waals surface area contributed by atoms with Crippen LogP contribution < -0.4 is 5.73 Å². The van der Waals surface area contributed by atoms with Gasteiger partial charge in [0.05, 0.1) is 13.2 Å². The third-order valence-electron chi connectivity index (χ3n) is 6.79. The summed E-state index contributed by atoms with van der Waals surface area (Å²) in [6.07, 6.45) is 38.1. The molecule has 0 bridgehead atoms. The highest BCUT2D eigenvalue weighted by Gasteiger charge is 2.28. The second-order valence-electron chi connectivity index (χ2n) is 11.4. The Balaban J connectivity index is 4.61. The molecule has 0 aromatic heterocycles. The van der Waals surface area contributed by atoms with E-state index < -0.39 is 51.1 Å². The molecular weight excluding hydrogens is 661 g/mol. The molecule has 0 aliphatic rings. The van der Waals surface area contributed by atoms with E-state index in [9.17, 15) is 23.8 Å². The fraction of sp³-hybridized carbons (Fsp3) is 0.553. The van der Waals surface area contributed by atoms with Crippen LogP contribution in [0.1, 0.15) is 104 Å². The van der Waals surface area contributed by atoms with Crippen LogP contribution >= 0.6 is 7.82 Å². The summed E-state index contributed by atoms with van der Waals surface area (Å²) in [5, 5.41) is 8.84. The Morgan fingerprint density at radius 1 is 0.620 bits per heavy atom. The Morgan fingerprint density at radius 3 is 1.60 bits per heavy atom. The zero-order valence-corrected chi connectivity index (χ0v) is 30.8. The summed E-state index contributed by atoms with van der Waals surface area (Å²) in [5.41, 5.74) is 5.30. The molecule has 282 valence electrons. The van der Waals surface area contributed by atoms with E-state index in [4.69, 9.17) is 24.8 Å². The number of unbranched alkanes of at least 4 members (excludes halogenated alkanes) is 8. The molecule has 0 aliphatic carbocycles. The van der Waals surface area contributed by atoms with Gasteiger partial charge >= 0.3 is 25.7 Å². The van der Waals surface area contributed by atoms with Crippen molar-refractivity contribution in [2.45, 2.75) is 116 Å². The fourth-order valence-electron chi connectivity index (χ4n) is 4.01. The van der Waals surface area contributed by atoms with Crippen LogP contribution in [0.4, 0.5) is 0 Å². The summed E-state index contributed by atoms with van der Waals surface area (Å²) in [6.45, 7) is 2.41. The minimum absolute atomic E-state index is 0.123. The molecule has 0 aromatic carbocycles. The van der Waals surface area contributed by atoms with Crippen LogP contribution in [0.15, 0.2) is 85.1 Å². The SMILES string of the molecule is CC/C=C/C=C/C=C/C=C/CCCCCC(=O)OCC(COP(=O)(O)OC[C@H](N)C(=O)O)OC(=O)CCCCCCC/C=C/C=C/C=C/CC. The van der Waals surface area contributed by atoms with Crippen molar-refractivity contribution < 1.29 is 47.5 Å². The van der Waals surface area contributed by atoms with E-state index >= 15 is 0 Å². The fourth-order valence-corrected chi connectivity index (χ4v) is 4.79. The molecule has 0 aliphatic heterocycles. The summed E-state index contributed by atoms with van der Waals surface area (Å²) in [7, 11) is -4.73. The zero-order chi connectivity index (χ0) is 37.1. The van der Waals surface area contributed by atoms with Crippen molar-refractivity contribution in [2.24, 2.45) is 5.73 Å². The maximum atomic E-state index is 12.5. The lowest BCUT2D eigenvalue weighted by Crippen LogP contribution is -2.34. The molecule has 0 radical (unpaired) electrons. The number of carbonyl (C=O) groups excluding carboxylic acids is 2. The lowest BCUT2D eigenvalue weighted by molar-refractivity contribution is -0.161. The first-order chi connectivity index (χ1) is 24.1. The van der Waals surface area contributed by atoms with Gasteiger partial charge in [-0.25, -0.2) is 4.57 Å². The van der Waals surface area contributed by atoms with Crippen molar-refractivity contribution in [2.75, 3.05) is 19.8 Å². The average Bonchev–Trinajstić information content (AvgIpc) is 3.09. The molecule has 0 aromatic rings. The number of nitrogens with two attached hydrogens (primary N) is 1. The van der Waals surface area contributed by atoms with Crippen LogP contribution in [0.25, 0.3) is 0 Å². The van der Waals surface area contributed by atoms with Crippen LogP contribution in [0.5, 0.6) is 0 Å². The molecule has 11 nitrogen and oxygen atoms in total. The number of carboxylic acids is 1. The Labute approximate surface area is 299 Å². The number of carboxylic acid groups (broad SMARTS) is 1. The van der Waals surface area contributed by atoms with Crippen LogP contribution in [-0.4, -0.2) is 59.9 Å². The lowest BCUT2D eigenvalue weighted by Gasteiger charge is -2.20. The van der Waals surface area contributed by atoms with Crippen LogP contribution in [0.2, 0.25) is 0 Å². The topological polar surface area (TPSA) is 172 Å². The van der Waals surface area contributed by atoms with Crippen molar-refractivity contribution in [1.29, 1.82) is 0 Å². The molecule has 2 unspecified atom stereocenters. The van der Waals surface area contributed by atoms with Gasteiger partial charge in [-0.1, -0.05) is 125 Å². The second kappa shape index (κ2) is 32.8. The molecular formula is C38H60NO10P. The van der Waals surface area contributed by atoms with Crippen molar-refractivity contribution in [3.05, 3.63) is 85.1 Å².